The second-order valence-electron chi connectivity index (χ2n) is 5.47. The van der Waals surface area contributed by atoms with Crippen LogP contribution in [0, 0.1) is 0 Å². The van der Waals surface area contributed by atoms with Crippen LogP contribution < -0.4 is 4.72 Å². The Morgan fingerprint density at radius 1 is 1.12 bits per heavy atom. The fraction of sp³-hybridized carbons (Fsp3) is 0.375. The van der Waals surface area contributed by atoms with E-state index in [0.29, 0.717) is 12.8 Å². The lowest BCUT2D eigenvalue weighted by molar-refractivity contribution is -0.137. The van der Waals surface area contributed by atoms with Crippen molar-refractivity contribution in [2.24, 2.45) is 0 Å². The molecule has 1 unspecified atom stereocenters. The number of hydrogen-bond donors (Lipinski definition) is 2. The standard InChI is InChI=1S/C16H18F3NO3S2/c17-16(18,19)14-1-3-15(4-2-14)25(22,23)20-8-5-12(6-9-21)13-7-10-24-11-13/h1-4,7,10-12,20-21H,5-6,8-9H2. The average Bonchev–Trinajstić information content (AvgIpc) is 3.07. The molecule has 0 amide bonds. The highest BCUT2D eigenvalue weighted by atomic mass is 32.2. The summed E-state index contributed by atoms with van der Waals surface area (Å²) < 4.78 is 64.3. The summed E-state index contributed by atoms with van der Waals surface area (Å²) in [6, 6.07) is 5.29. The van der Waals surface area contributed by atoms with Crippen molar-refractivity contribution >= 4 is 21.4 Å². The Kier molecular flexibility index (Phi) is 6.61. The summed E-state index contributed by atoms with van der Waals surface area (Å²) in [5, 5.41) is 13.0. The van der Waals surface area contributed by atoms with Crippen LogP contribution in [0.1, 0.15) is 29.9 Å². The van der Waals surface area contributed by atoms with E-state index in [4.69, 9.17) is 5.11 Å². The van der Waals surface area contributed by atoms with E-state index in [0.717, 1.165) is 29.8 Å². The first-order chi connectivity index (χ1) is 11.7. The number of aliphatic hydroxyl groups excluding tert-OH is 1. The smallest absolute Gasteiger partial charge is 0.396 e. The molecule has 0 aliphatic heterocycles. The summed E-state index contributed by atoms with van der Waals surface area (Å²) in [5.74, 6) is 0.0200. The number of sulfonamides is 1. The average molecular weight is 393 g/mol. The van der Waals surface area contributed by atoms with Gasteiger partial charge in [-0.3, -0.25) is 0 Å². The predicted molar refractivity (Wildman–Crippen MR) is 90.0 cm³/mol. The number of hydrogen-bond acceptors (Lipinski definition) is 4. The lowest BCUT2D eigenvalue weighted by Crippen LogP contribution is -2.26. The molecule has 1 atom stereocenters. The molecule has 0 saturated heterocycles. The van der Waals surface area contributed by atoms with Crippen molar-refractivity contribution in [2.45, 2.75) is 29.8 Å². The van der Waals surface area contributed by atoms with Crippen molar-refractivity contribution < 1.29 is 26.7 Å². The molecule has 9 heteroatoms. The molecule has 2 N–H and O–H groups in total. The summed E-state index contributed by atoms with van der Waals surface area (Å²) >= 11 is 1.52. The number of thiophene rings is 1. The van der Waals surface area contributed by atoms with E-state index < -0.39 is 21.8 Å². The minimum Gasteiger partial charge on any atom is -0.396 e. The van der Waals surface area contributed by atoms with Crippen LogP contribution in [0.5, 0.6) is 0 Å². The van der Waals surface area contributed by atoms with Gasteiger partial charge in [0.2, 0.25) is 10.0 Å². The first-order valence-electron chi connectivity index (χ1n) is 7.54. The molecule has 0 bridgehead atoms. The van der Waals surface area contributed by atoms with Crippen LogP contribution in [0.4, 0.5) is 13.2 Å². The molecule has 0 aliphatic carbocycles. The van der Waals surface area contributed by atoms with E-state index in [1.807, 2.05) is 16.8 Å². The van der Waals surface area contributed by atoms with Crippen LogP contribution in [0.25, 0.3) is 0 Å². The molecule has 4 nitrogen and oxygen atoms in total. The topological polar surface area (TPSA) is 66.4 Å². The second-order valence-corrected chi connectivity index (χ2v) is 8.02. The van der Waals surface area contributed by atoms with E-state index in [9.17, 15) is 21.6 Å². The Hall–Kier alpha value is -1.42. The van der Waals surface area contributed by atoms with E-state index >= 15 is 0 Å². The van der Waals surface area contributed by atoms with E-state index in [1.54, 1.807) is 0 Å². The van der Waals surface area contributed by atoms with Crippen LogP contribution in [-0.4, -0.2) is 26.7 Å². The van der Waals surface area contributed by atoms with Crippen molar-refractivity contribution in [3.63, 3.8) is 0 Å². The third-order valence-corrected chi connectivity index (χ3v) is 5.95. The highest BCUT2D eigenvalue weighted by Crippen LogP contribution is 2.30. The van der Waals surface area contributed by atoms with Gasteiger partial charge in [0, 0.05) is 13.2 Å². The Labute approximate surface area is 148 Å². The number of alkyl halides is 3. The first kappa shape index (κ1) is 19.9. The summed E-state index contributed by atoms with van der Waals surface area (Å²) in [4.78, 5) is -0.213. The van der Waals surface area contributed by atoms with Crippen molar-refractivity contribution in [1.82, 2.24) is 4.72 Å². The maximum Gasteiger partial charge on any atom is 0.416 e. The van der Waals surface area contributed by atoms with Gasteiger partial charge >= 0.3 is 6.18 Å². The fourth-order valence-corrected chi connectivity index (χ4v) is 4.20. The number of halogens is 3. The molecule has 0 fully saturated rings. The molecule has 1 aromatic carbocycles. The maximum atomic E-state index is 12.5. The predicted octanol–water partition coefficient (Wildman–Crippen LogP) is 3.60. The minimum absolute atomic E-state index is 0.00777. The molecule has 1 heterocycles. The largest absolute Gasteiger partial charge is 0.416 e. The quantitative estimate of drug-likeness (QED) is 0.720. The zero-order valence-electron chi connectivity index (χ0n) is 13.2. The van der Waals surface area contributed by atoms with Crippen LogP contribution in [-0.2, 0) is 16.2 Å². The molecular weight excluding hydrogens is 375 g/mol. The van der Waals surface area contributed by atoms with Crippen LogP contribution in [0.2, 0.25) is 0 Å². The van der Waals surface area contributed by atoms with Gasteiger partial charge in [-0.1, -0.05) is 0 Å². The SMILES string of the molecule is O=S(=O)(NCCC(CCO)c1ccsc1)c1ccc(C(F)(F)F)cc1. The van der Waals surface area contributed by atoms with Crippen molar-refractivity contribution in [3.8, 4) is 0 Å². The fourth-order valence-electron chi connectivity index (χ4n) is 2.41. The van der Waals surface area contributed by atoms with E-state index in [-0.39, 0.29) is 24.0 Å². The molecule has 2 rings (SSSR count). The van der Waals surface area contributed by atoms with Gasteiger partial charge in [-0.15, -0.1) is 0 Å². The van der Waals surface area contributed by atoms with Gasteiger partial charge in [0.25, 0.3) is 0 Å². The van der Waals surface area contributed by atoms with E-state index in [2.05, 4.69) is 4.72 Å². The Balaban J connectivity index is 1.99. The second kappa shape index (κ2) is 8.31. The Morgan fingerprint density at radius 3 is 2.32 bits per heavy atom. The monoisotopic (exact) mass is 393 g/mol. The van der Waals surface area contributed by atoms with Gasteiger partial charge in [-0.2, -0.15) is 24.5 Å². The zero-order chi connectivity index (χ0) is 18.5. The van der Waals surface area contributed by atoms with Gasteiger partial charge in [0.1, 0.15) is 0 Å². The van der Waals surface area contributed by atoms with Crippen molar-refractivity contribution in [1.29, 1.82) is 0 Å². The molecule has 1 aromatic heterocycles. The zero-order valence-corrected chi connectivity index (χ0v) is 14.8. The number of rotatable bonds is 8. The third-order valence-electron chi connectivity index (χ3n) is 3.77. The lowest BCUT2D eigenvalue weighted by atomic mass is 9.95. The molecule has 0 spiro atoms. The highest BCUT2D eigenvalue weighted by Gasteiger charge is 2.30. The first-order valence-corrected chi connectivity index (χ1v) is 9.96. The van der Waals surface area contributed by atoms with Gasteiger partial charge in [0.05, 0.1) is 10.5 Å². The molecule has 0 radical (unpaired) electrons. The molecule has 2 aromatic rings. The molecule has 0 aliphatic rings. The number of nitrogens with one attached hydrogen (secondary N) is 1. The summed E-state index contributed by atoms with van der Waals surface area (Å²) in [6.45, 7) is 0.121. The van der Waals surface area contributed by atoms with Gasteiger partial charge in [0.15, 0.2) is 0 Å². The van der Waals surface area contributed by atoms with Crippen molar-refractivity contribution in [3.05, 3.63) is 52.2 Å². The number of aliphatic hydroxyl groups is 1. The summed E-state index contributed by atoms with van der Waals surface area (Å²) in [5.41, 5.74) is 0.139. The van der Waals surface area contributed by atoms with Gasteiger partial charge in [-0.05, 0) is 65.4 Å². The summed E-state index contributed by atoms with van der Waals surface area (Å²) in [6.07, 6.45) is -3.51. The molecule has 25 heavy (non-hydrogen) atoms. The molecule has 0 saturated carbocycles. The van der Waals surface area contributed by atoms with Crippen LogP contribution in [0.15, 0.2) is 46.0 Å². The van der Waals surface area contributed by atoms with Crippen molar-refractivity contribution in [2.75, 3.05) is 13.2 Å². The summed E-state index contributed by atoms with van der Waals surface area (Å²) in [7, 11) is -3.88. The van der Waals surface area contributed by atoms with E-state index in [1.165, 1.54) is 11.3 Å². The lowest BCUT2D eigenvalue weighted by Gasteiger charge is -2.15. The molecular formula is C16H18F3NO3S2. The van der Waals surface area contributed by atoms with Crippen LogP contribution >= 0.6 is 11.3 Å². The third kappa shape index (κ3) is 5.53. The van der Waals surface area contributed by atoms with Gasteiger partial charge in [-0.25, -0.2) is 13.1 Å². The minimum atomic E-state index is -4.51. The number of benzene rings is 1. The highest BCUT2D eigenvalue weighted by molar-refractivity contribution is 7.89. The Bertz CT molecular complexity index is 757. The normalized spacial score (nSPS) is 13.8. The molecule has 138 valence electrons. The van der Waals surface area contributed by atoms with Crippen LogP contribution in [0.3, 0.4) is 0 Å². The maximum absolute atomic E-state index is 12.5. The Morgan fingerprint density at radius 2 is 1.80 bits per heavy atom. The van der Waals surface area contributed by atoms with Gasteiger partial charge < -0.3 is 5.11 Å².